The molecular weight excluding hydrogens is 238 g/mol. The summed E-state index contributed by atoms with van der Waals surface area (Å²) in [6, 6.07) is 6.79. The highest BCUT2D eigenvalue weighted by Gasteiger charge is 2.13. The summed E-state index contributed by atoms with van der Waals surface area (Å²) < 4.78 is 0. The van der Waals surface area contributed by atoms with Crippen LogP contribution in [-0.2, 0) is 6.42 Å². The Bertz CT molecular complexity index is 382. The quantitative estimate of drug-likeness (QED) is 0.627. The van der Waals surface area contributed by atoms with Crippen LogP contribution in [0.25, 0.3) is 0 Å². The van der Waals surface area contributed by atoms with Gasteiger partial charge in [0.1, 0.15) is 0 Å². The van der Waals surface area contributed by atoms with Gasteiger partial charge in [0.25, 0.3) is 5.69 Å². The van der Waals surface area contributed by atoms with Crippen molar-refractivity contribution in [2.75, 3.05) is 5.75 Å². The smallest absolute Gasteiger partial charge is 0.272 e. The number of nitro groups is 1. The van der Waals surface area contributed by atoms with Gasteiger partial charge in [-0.05, 0) is 19.1 Å². The number of benzene rings is 1. The van der Waals surface area contributed by atoms with E-state index in [1.54, 1.807) is 30.8 Å². The Morgan fingerprint density at radius 3 is 2.65 bits per heavy atom. The van der Waals surface area contributed by atoms with Crippen LogP contribution in [-0.4, -0.2) is 27.1 Å². The van der Waals surface area contributed by atoms with Gasteiger partial charge in [-0.3, -0.25) is 10.1 Å². The lowest BCUT2D eigenvalue weighted by Crippen LogP contribution is -2.16. The number of thioether (sulfide) groups is 1. The molecule has 0 aromatic heterocycles. The summed E-state index contributed by atoms with van der Waals surface area (Å²) in [6.45, 7) is 3.71. The van der Waals surface area contributed by atoms with Gasteiger partial charge in [0, 0.05) is 16.9 Å². The van der Waals surface area contributed by atoms with Gasteiger partial charge in [-0.1, -0.05) is 25.1 Å². The lowest BCUT2D eigenvalue weighted by Gasteiger charge is -2.13. The standard InChI is InChI=1S/C12H17NO3S/c1-9(14)10(2)17-8-7-11-5-3-4-6-12(11)13(15)16/h3-6,9-10,14H,7-8H2,1-2H3. The average Bonchev–Trinajstić information content (AvgIpc) is 2.29. The molecule has 0 amide bonds. The molecule has 0 saturated heterocycles. The molecule has 0 aliphatic carbocycles. The number of aliphatic hydroxyl groups is 1. The van der Waals surface area contributed by atoms with Crippen LogP contribution in [0.15, 0.2) is 24.3 Å². The number of hydrogen-bond acceptors (Lipinski definition) is 4. The van der Waals surface area contributed by atoms with E-state index < -0.39 is 0 Å². The molecule has 0 fully saturated rings. The van der Waals surface area contributed by atoms with Crippen LogP contribution in [0.3, 0.4) is 0 Å². The van der Waals surface area contributed by atoms with Gasteiger partial charge < -0.3 is 5.11 Å². The maximum atomic E-state index is 10.8. The molecule has 4 nitrogen and oxygen atoms in total. The van der Waals surface area contributed by atoms with Gasteiger partial charge in [0.05, 0.1) is 11.0 Å². The predicted molar refractivity (Wildman–Crippen MR) is 70.4 cm³/mol. The van der Waals surface area contributed by atoms with Crippen molar-refractivity contribution in [3.63, 3.8) is 0 Å². The number of aryl methyl sites for hydroxylation is 1. The number of para-hydroxylation sites is 1. The lowest BCUT2D eigenvalue weighted by molar-refractivity contribution is -0.385. The Morgan fingerprint density at radius 2 is 2.06 bits per heavy atom. The van der Waals surface area contributed by atoms with Crippen LogP contribution >= 0.6 is 11.8 Å². The largest absolute Gasteiger partial charge is 0.392 e. The van der Waals surface area contributed by atoms with E-state index in [-0.39, 0.29) is 22.0 Å². The number of nitro benzene ring substituents is 1. The van der Waals surface area contributed by atoms with Gasteiger partial charge >= 0.3 is 0 Å². The summed E-state index contributed by atoms with van der Waals surface area (Å²) in [5, 5.41) is 20.3. The molecule has 94 valence electrons. The number of hydrogen-bond donors (Lipinski definition) is 1. The second-order valence-electron chi connectivity index (χ2n) is 3.95. The highest BCUT2D eigenvalue weighted by molar-refractivity contribution is 7.99. The first kappa shape index (κ1) is 14.0. The molecule has 1 aromatic rings. The Labute approximate surface area is 105 Å². The van der Waals surface area contributed by atoms with Crippen LogP contribution < -0.4 is 0 Å². The first-order valence-electron chi connectivity index (χ1n) is 5.54. The van der Waals surface area contributed by atoms with Crippen molar-refractivity contribution in [3.8, 4) is 0 Å². The maximum absolute atomic E-state index is 10.8. The molecule has 5 heteroatoms. The summed E-state index contributed by atoms with van der Waals surface area (Å²) in [4.78, 5) is 10.4. The van der Waals surface area contributed by atoms with E-state index in [0.717, 1.165) is 11.3 Å². The van der Waals surface area contributed by atoms with Gasteiger partial charge in [0.2, 0.25) is 0 Å². The third-order valence-corrected chi connectivity index (χ3v) is 3.98. The summed E-state index contributed by atoms with van der Waals surface area (Å²) in [7, 11) is 0. The lowest BCUT2D eigenvalue weighted by atomic mass is 10.1. The summed E-state index contributed by atoms with van der Waals surface area (Å²) in [6.07, 6.45) is 0.296. The number of rotatable bonds is 6. The highest BCUT2D eigenvalue weighted by atomic mass is 32.2. The maximum Gasteiger partial charge on any atom is 0.272 e. The van der Waals surface area contributed by atoms with Crippen molar-refractivity contribution >= 4 is 17.4 Å². The molecule has 0 radical (unpaired) electrons. The molecule has 0 spiro atoms. The molecule has 0 saturated carbocycles. The van der Waals surface area contributed by atoms with E-state index in [0.29, 0.717) is 6.42 Å². The van der Waals surface area contributed by atoms with Gasteiger partial charge in [0.15, 0.2) is 0 Å². The average molecular weight is 255 g/mol. The van der Waals surface area contributed by atoms with Crippen molar-refractivity contribution < 1.29 is 10.0 Å². The Hall–Kier alpha value is -1.07. The van der Waals surface area contributed by atoms with E-state index in [1.165, 1.54) is 6.07 Å². The van der Waals surface area contributed by atoms with E-state index in [2.05, 4.69) is 0 Å². The second kappa shape index (κ2) is 6.61. The Morgan fingerprint density at radius 1 is 1.41 bits per heavy atom. The number of nitrogens with zero attached hydrogens (tertiary/aromatic N) is 1. The third-order valence-electron chi connectivity index (χ3n) is 2.62. The highest BCUT2D eigenvalue weighted by Crippen LogP contribution is 2.21. The Balaban J connectivity index is 2.55. The summed E-state index contributed by atoms with van der Waals surface area (Å²) in [5.74, 6) is 0.775. The van der Waals surface area contributed by atoms with E-state index in [1.807, 2.05) is 13.0 Å². The van der Waals surface area contributed by atoms with E-state index in [9.17, 15) is 15.2 Å². The molecule has 2 atom stereocenters. The zero-order valence-corrected chi connectivity index (χ0v) is 10.8. The molecule has 1 rings (SSSR count). The summed E-state index contributed by atoms with van der Waals surface area (Å²) in [5.41, 5.74) is 0.931. The number of aliphatic hydroxyl groups excluding tert-OH is 1. The molecule has 1 N–H and O–H groups in total. The van der Waals surface area contributed by atoms with Crippen LogP contribution in [0.1, 0.15) is 19.4 Å². The topological polar surface area (TPSA) is 63.4 Å². The Kier molecular flexibility index (Phi) is 5.44. The monoisotopic (exact) mass is 255 g/mol. The van der Waals surface area contributed by atoms with Crippen molar-refractivity contribution in [2.45, 2.75) is 31.6 Å². The molecule has 0 aliphatic rings. The predicted octanol–water partition coefficient (Wildman–Crippen LogP) is 2.64. The van der Waals surface area contributed by atoms with Gasteiger partial charge in [-0.2, -0.15) is 11.8 Å². The fraction of sp³-hybridized carbons (Fsp3) is 0.500. The fourth-order valence-electron chi connectivity index (χ4n) is 1.39. The molecule has 0 aliphatic heterocycles. The van der Waals surface area contributed by atoms with Crippen LogP contribution in [0.4, 0.5) is 5.69 Å². The minimum absolute atomic E-state index is 0.151. The molecule has 1 aromatic carbocycles. The minimum Gasteiger partial charge on any atom is -0.392 e. The van der Waals surface area contributed by atoms with E-state index in [4.69, 9.17) is 0 Å². The van der Waals surface area contributed by atoms with Crippen molar-refractivity contribution in [2.24, 2.45) is 0 Å². The first-order chi connectivity index (χ1) is 8.02. The fourth-order valence-corrected chi connectivity index (χ4v) is 2.38. The molecule has 0 heterocycles. The minimum atomic E-state index is -0.356. The van der Waals surface area contributed by atoms with Crippen molar-refractivity contribution in [1.82, 2.24) is 0 Å². The second-order valence-corrected chi connectivity index (χ2v) is 5.44. The normalized spacial score (nSPS) is 14.3. The summed E-state index contributed by atoms with van der Waals surface area (Å²) >= 11 is 1.63. The van der Waals surface area contributed by atoms with Crippen LogP contribution in [0, 0.1) is 10.1 Å². The molecule has 17 heavy (non-hydrogen) atoms. The zero-order valence-electron chi connectivity index (χ0n) is 10.00. The first-order valence-corrected chi connectivity index (χ1v) is 6.59. The third kappa shape index (κ3) is 4.36. The van der Waals surface area contributed by atoms with Crippen LogP contribution in [0.5, 0.6) is 0 Å². The van der Waals surface area contributed by atoms with E-state index >= 15 is 0 Å². The van der Waals surface area contributed by atoms with Crippen molar-refractivity contribution in [1.29, 1.82) is 0 Å². The molecule has 2 unspecified atom stereocenters. The SMILES string of the molecule is CC(O)C(C)SCCc1ccccc1[N+](=O)[O-]. The molecular formula is C12H17NO3S. The van der Waals surface area contributed by atoms with Gasteiger partial charge in [-0.15, -0.1) is 0 Å². The molecule has 0 bridgehead atoms. The van der Waals surface area contributed by atoms with Crippen LogP contribution in [0.2, 0.25) is 0 Å². The zero-order chi connectivity index (χ0) is 12.8. The van der Waals surface area contributed by atoms with Gasteiger partial charge in [-0.25, -0.2) is 0 Å². The van der Waals surface area contributed by atoms with Crippen molar-refractivity contribution in [3.05, 3.63) is 39.9 Å².